The number of rotatable bonds is 6. The standard InChI is InChI=1S/C15H21NO3/c1-4-10(2)9-14(17)16-13-7-5-12(6-8-13)11(3)15(18)19/h5-8,10-11H,4,9H2,1-3H3,(H,16,17)(H,18,19). The molecule has 0 heterocycles. The first kappa shape index (κ1) is 15.2. The smallest absolute Gasteiger partial charge is 0.310 e. The third-order valence-corrected chi connectivity index (χ3v) is 3.30. The monoisotopic (exact) mass is 263 g/mol. The van der Waals surface area contributed by atoms with Crippen molar-refractivity contribution in [1.29, 1.82) is 0 Å². The summed E-state index contributed by atoms with van der Waals surface area (Å²) in [5, 5.41) is 11.7. The summed E-state index contributed by atoms with van der Waals surface area (Å²) < 4.78 is 0. The van der Waals surface area contributed by atoms with Crippen LogP contribution in [0.4, 0.5) is 5.69 Å². The molecule has 1 aromatic rings. The molecule has 19 heavy (non-hydrogen) atoms. The summed E-state index contributed by atoms with van der Waals surface area (Å²) in [5.41, 5.74) is 1.43. The van der Waals surface area contributed by atoms with Crippen LogP contribution in [0.2, 0.25) is 0 Å². The summed E-state index contributed by atoms with van der Waals surface area (Å²) in [5.74, 6) is -1.03. The van der Waals surface area contributed by atoms with Crippen LogP contribution >= 0.6 is 0 Å². The van der Waals surface area contributed by atoms with Gasteiger partial charge in [0, 0.05) is 12.1 Å². The third-order valence-electron chi connectivity index (χ3n) is 3.30. The number of carbonyl (C=O) groups is 2. The summed E-state index contributed by atoms with van der Waals surface area (Å²) in [7, 11) is 0. The molecule has 1 rings (SSSR count). The molecular formula is C15H21NO3. The average Bonchev–Trinajstić information content (AvgIpc) is 2.38. The Hall–Kier alpha value is -1.84. The Morgan fingerprint density at radius 3 is 2.26 bits per heavy atom. The van der Waals surface area contributed by atoms with Gasteiger partial charge in [0.25, 0.3) is 0 Å². The molecule has 0 saturated heterocycles. The maximum absolute atomic E-state index is 11.7. The van der Waals surface area contributed by atoms with Crippen LogP contribution in [0.1, 0.15) is 45.1 Å². The molecule has 0 aromatic heterocycles. The molecule has 0 bridgehead atoms. The predicted octanol–water partition coefficient (Wildman–Crippen LogP) is 3.25. The molecule has 1 amide bonds. The summed E-state index contributed by atoms with van der Waals surface area (Å²) in [6.45, 7) is 5.73. The van der Waals surface area contributed by atoms with E-state index in [1.54, 1.807) is 31.2 Å². The van der Waals surface area contributed by atoms with Gasteiger partial charge in [-0.25, -0.2) is 0 Å². The molecule has 0 saturated carbocycles. The van der Waals surface area contributed by atoms with E-state index >= 15 is 0 Å². The zero-order valence-electron chi connectivity index (χ0n) is 11.6. The number of nitrogens with one attached hydrogen (secondary N) is 1. The summed E-state index contributed by atoms with van der Waals surface area (Å²) in [4.78, 5) is 22.6. The van der Waals surface area contributed by atoms with Gasteiger partial charge in [0.1, 0.15) is 0 Å². The minimum atomic E-state index is -0.853. The van der Waals surface area contributed by atoms with Gasteiger partial charge in [-0.3, -0.25) is 9.59 Å². The Labute approximate surface area is 113 Å². The summed E-state index contributed by atoms with van der Waals surface area (Å²) in [6.07, 6.45) is 1.48. The molecule has 0 spiro atoms. The van der Waals surface area contributed by atoms with E-state index < -0.39 is 11.9 Å². The Morgan fingerprint density at radius 2 is 1.79 bits per heavy atom. The number of anilines is 1. The number of hydrogen-bond acceptors (Lipinski definition) is 2. The van der Waals surface area contributed by atoms with E-state index in [-0.39, 0.29) is 5.91 Å². The number of amides is 1. The lowest BCUT2D eigenvalue weighted by Gasteiger charge is -2.11. The largest absolute Gasteiger partial charge is 0.481 e. The first-order valence-electron chi connectivity index (χ1n) is 6.56. The van der Waals surface area contributed by atoms with Crippen LogP contribution in [-0.2, 0) is 9.59 Å². The quantitative estimate of drug-likeness (QED) is 0.828. The number of hydrogen-bond donors (Lipinski definition) is 2. The second-order valence-corrected chi connectivity index (χ2v) is 4.95. The zero-order valence-corrected chi connectivity index (χ0v) is 11.6. The van der Waals surface area contributed by atoms with Gasteiger partial charge in [-0.15, -0.1) is 0 Å². The van der Waals surface area contributed by atoms with Gasteiger partial charge < -0.3 is 10.4 Å². The van der Waals surface area contributed by atoms with Crippen molar-refractivity contribution in [3.05, 3.63) is 29.8 Å². The van der Waals surface area contributed by atoms with Crippen LogP contribution in [0.15, 0.2) is 24.3 Å². The number of carbonyl (C=O) groups excluding carboxylic acids is 1. The average molecular weight is 263 g/mol. The fourth-order valence-corrected chi connectivity index (χ4v) is 1.67. The minimum absolute atomic E-state index is 0.00613. The second kappa shape index (κ2) is 6.92. The maximum atomic E-state index is 11.7. The van der Waals surface area contributed by atoms with Gasteiger partial charge in [-0.05, 0) is 30.5 Å². The molecule has 1 aromatic carbocycles. The first-order valence-corrected chi connectivity index (χ1v) is 6.56. The second-order valence-electron chi connectivity index (χ2n) is 4.95. The topological polar surface area (TPSA) is 66.4 Å². The van der Waals surface area contributed by atoms with Crippen LogP contribution in [-0.4, -0.2) is 17.0 Å². The lowest BCUT2D eigenvalue weighted by molar-refractivity contribution is -0.138. The fourth-order valence-electron chi connectivity index (χ4n) is 1.67. The van der Waals surface area contributed by atoms with Crippen molar-refractivity contribution in [3.8, 4) is 0 Å². The molecule has 2 N–H and O–H groups in total. The lowest BCUT2D eigenvalue weighted by Crippen LogP contribution is -2.15. The van der Waals surface area contributed by atoms with Gasteiger partial charge in [0.2, 0.25) is 5.91 Å². The molecule has 4 heteroatoms. The summed E-state index contributed by atoms with van der Waals surface area (Å²) >= 11 is 0. The van der Waals surface area contributed by atoms with E-state index in [4.69, 9.17) is 5.11 Å². The Bertz CT molecular complexity index is 439. The molecule has 0 aliphatic heterocycles. The third kappa shape index (κ3) is 4.73. The van der Waals surface area contributed by atoms with Crippen LogP contribution < -0.4 is 5.32 Å². The van der Waals surface area contributed by atoms with Crippen molar-refractivity contribution in [2.24, 2.45) is 5.92 Å². The molecular weight excluding hydrogens is 242 g/mol. The Kier molecular flexibility index (Phi) is 5.55. The number of carboxylic acids is 1. The molecule has 2 unspecified atom stereocenters. The van der Waals surface area contributed by atoms with E-state index in [1.165, 1.54) is 0 Å². The molecule has 4 nitrogen and oxygen atoms in total. The van der Waals surface area contributed by atoms with Crippen LogP contribution in [0, 0.1) is 5.92 Å². The Balaban J connectivity index is 2.62. The highest BCUT2D eigenvalue weighted by molar-refractivity contribution is 5.90. The van der Waals surface area contributed by atoms with Crippen LogP contribution in [0.3, 0.4) is 0 Å². The van der Waals surface area contributed by atoms with Gasteiger partial charge >= 0.3 is 5.97 Å². The van der Waals surface area contributed by atoms with Gasteiger partial charge in [-0.2, -0.15) is 0 Å². The fraction of sp³-hybridized carbons (Fsp3) is 0.467. The minimum Gasteiger partial charge on any atom is -0.481 e. The van der Waals surface area contributed by atoms with Gasteiger partial charge in [0.05, 0.1) is 5.92 Å². The number of aliphatic carboxylic acids is 1. The predicted molar refractivity (Wildman–Crippen MR) is 75.2 cm³/mol. The van der Waals surface area contributed by atoms with E-state index in [0.717, 1.165) is 12.0 Å². The van der Waals surface area contributed by atoms with E-state index in [9.17, 15) is 9.59 Å². The van der Waals surface area contributed by atoms with Gasteiger partial charge in [0.15, 0.2) is 0 Å². The Morgan fingerprint density at radius 1 is 1.21 bits per heavy atom. The number of carboxylic acid groups (broad SMARTS) is 1. The lowest BCUT2D eigenvalue weighted by atomic mass is 10.0. The van der Waals surface area contributed by atoms with Crippen molar-refractivity contribution < 1.29 is 14.7 Å². The maximum Gasteiger partial charge on any atom is 0.310 e. The molecule has 0 radical (unpaired) electrons. The number of benzene rings is 1. The first-order chi connectivity index (χ1) is 8.93. The highest BCUT2D eigenvalue weighted by atomic mass is 16.4. The molecule has 104 valence electrons. The molecule has 0 aliphatic carbocycles. The van der Waals surface area contributed by atoms with Crippen LogP contribution in [0.25, 0.3) is 0 Å². The normalized spacial score (nSPS) is 13.6. The molecule has 2 atom stereocenters. The SMILES string of the molecule is CCC(C)CC(=O)Nc1ccc(C(C)C(=O)O)cc1. The highest BCUT2D eigenvalue weighted by Crippen LogP contribution is 2.18. The van der Waals surface area contributed by atoms with Crippen LogP contribution in [0.5, 0.6) is 0 Å². The van der Waals surface area contributed by atoms with Crippen molar-refractivity contribution in [3.63, 3.8) is 0 Å². The van der Waals surface area contributed by atoms with Crippen molar-refractivity contribution in [2.75, 3.05) is 5.32 Å². The molecule has 0 fully saturated rings. The van der Waals surface area contributed by atoms with Gasteiger partial charge in [-0.1, -0.05) is 32.4 Å². The van der Waals surface area contributed by atoms with E-state index in [2.05, 4.69) is 12.2 Å². The summed E-state index contributed by atoms with van der Waals surface area (Å²) in [6, 6.07) is 6.95. The van der Waals surface area contributed by atoms with Crippen molar-refractivity contribution in [2.45, 2.75) is 39.5 Å². The van der Waals surface area contributed by atoms with E-state index in [0.29, 0.717) is 18.0 Å². The highest BCUT2D eigenvalue weighted by Gasteiger charge is 2.13. The molecule has 0 aliphatic rings. The zero-order chi connectivity index (χ0) is 14.4. The van der Waals surface area contributed by atoms with E-state index in [1.807, 2.05) is 6.92 Å². The van der Waals surface area contributed by atoms with Crippen molar-refractivity contribution in [1.82, 2.24) is 0 Å². The van der Waals surface area contributed by atoms with Crippen molar-refractivity contribution >= 4 is 17.6 Å².